The van der Waals surface area contributed by atoms with Crippen LogP contribution in [0.1, 0.15) is 17.6 Å². The fourth-order valence-corrected chi connectivity index (χ4v) is 5.45. The molecule has 0 radical (unpaired) electrons. The number of rotatable bonds is 8. The van der Waals surface area contributed by atoms with Crippen molar-refractivity contribution >= 4 is 33.1 Å². The van der Waals surface area contributed by atoms with Gasteiger partial charge in [0.05, 0.1) is 28.4 Å². The van der Waals surface area contributed by atoms with E-state index in [-0.39, 0.29) is 0 Å². The highest BCUT2D eigenvalue weighted by atomic mass is 32.1. The number of imidazole rings is 2. The third kappa shape index (κ3) is 4.41. The first-order valence-corrected chi connectivity index (χ1v) is 12.6. The molecule has 6 aromatic rings. The summed E-state index contributed by atoms with van der Waals surface area (Å²) in [5.74, 6) is 0.755. The van der Waals surface area contributed by atoms with E-state index >= 15 is 0 Å². The lowest BCUT2D eigenvalue weighted by molar-refractivity contribution is -0.108. The van der Waals surface area contributed by atoms with Gasteiger partial charge in [-0.3, -0.25) is 14.7 Å². The topological polar surface area (TPSA) is 81.7 Å². The Morgan fingerprint density at radius 1 is 1.00 bits per heavy atom. The summed E-state index contributed by atoms with van der Waals surface area (Å²) in [7, 11) is 1.98. The highest BCUT2D eigenvalue weighted by Gasteiger charge is 2.28. The Morgan fingerprint density at radius 3 is 2.57 bits per heavy atom. The zero-order valence-electron chi connectivity index (χ0n) is 20.0. The summed E-state index contributed by atoms with van der Waals surface area (Å²) in [6.45, 7) is 0. The van der Waals surface area contributed by atoms with Gasteiger partial charge < -0.3 is 9.13 Å². The molecule has 0 bridgehead atoms. The van der Waals surface area contributed by atoms with Gasteiger partial charge in [-0.05, 0) is 42.0 Å². The van der Waals surface area contributed by atoms with Crippen molar-refractivity contribution in [2.24, 2.45) is 7.05 Å². The first-order chi connectivity index (χ1) is 18.2. The van der Waals surface area contributed by atoms with Gasteiger partial charge in [0.25, 0.3) is 0 Å². The minimum absolute atomic E-state index is 0.392. The standard InChI is InChI=1S/C28H23N7OS/c1-33-25(20-9-11-22(12-10-20)34-15-14-29-18-34)17-31-27(33)24(16-21-6-4-5-13-30-21)35(19-36)28-32-23-7-2-3-8-26(23)37-28/h2-15,17-19,24H,16H2,1H3. The van der Waals surface area contributed by atoms with E-state index in [1.165, 1.54) is 11.3 Å². The van der Waals surface area contributed by atoms with Gasteiger partial charge in [0.2, 0.25) is 6.41 Å². The van der Waals surface area contributed by atoms with Gasteiger partial charge in [0, 0.05) is 43.4 Å². The number of fused-ring (bicyclic) bond motifs is 1. The molecular formula is C28H23N7OS. The second-order valence-corrected chi connectivity index (χ2v) is 9.60. The van der Waals surface area contributed by atoms with E-state index in [0.29, 0.717) is 11.6 Å². The highest BCUT2D eigenvalue weighted by Crippen LogP contribution is 2.35. The maximum absolute atomic E-state index is 12.6. The fourth-order valence-electron chi connectivity index (χ4n) is 4.47. The monoisotopic (exact) mass is 505 g/mol. The number of carbonyl (C=O) groups excluding carboxylic acids is 1. The summed E-state index contributed by atoms with van der Waals surface area (Å²) in [6.07, 6.45) is 10.4. The molecule has 4 aromatic heterocycles. The molecule has 0 N–H and O–H groups in total. The molecule has 8 nitrogen and oxygen atoms in total. The van der Waals surface area contributed by atoms with Crippen LogP contribution in [0.15, 0.2) is 97.8 Å². The number of benzene rings is 2. The molecule has 0 aliphatic heterocycles. The number of thiazole rings is 1. The number of aromatic nitrogens is 6. The van der Waals surface area contributed by atoms with Crippen LogP contribution in [0.25, 0.3) is 27.2 Å². The van der Waals surface area contributed by atoms with Crippen molar-refractivity contribution in [2.45, 2.75) is 12.5 Å². The molecule has 0 fully saturated rings. The van der Waals surface area contributed by atoms with Gasteiger partial charge in [0.15, 0.2) is 5.13 Å². The van der Waals surface area contributed by atoms with Crippen molar-refractivity contribution < 1.29 is 4.79 Å². The number of para-hydroxylation sites is 1. The number of amides is 1. The number of hydrogen-bond acceptors (Lipinski definition) is 6. The molecule has 1 unspecified atom stereocenters. The molecule has 0 aliphatic carbocycles. The quantitative estimate of drug-likeness (QED) is 0.265. The summed E-state index contributed by atoms with van der Waals surface area (Å²) >= 11 is 1.49. The zero-order chi connectivity index (χ0) is 25.2. The van der Waals surface area contributed by atoms with Gasteiger partial charge >= 0.3 is 0 Å². The van der Waals surface area contributed by atoms with Crippen LogP contribution < -0.4 is 4.90 Å². The van der Waals surface area contributed by atoms with E-state index in [0.717, 1.165) is 45.1 Å². The maximum Gasteiger partial charge on any atom is 0.216 e. The first-order valence-electron chi connectivity index (χ1n) is 11.8. The van der Waals surface area contributed by atoms with Crippen molar-refractivity contribution in [3.63, 3.8) is 0 Å². The minimum Gasteiger partial charge on any atom is -0.329 e. The van der Waals surface area contributed by atoms with Crippen LogP contribution in [-0.2, 0) is 18.3 Å². The third-order valence-electron chi connectivity index (χ3n) is 6.37. The molecule has 37 heavy (non-hydrogen) atoms. The van der Waals surface area contributed by atoms with Gasteiger partial charge in [0.1, 0.15) is 11.9 Å². The van der Waals surface area contributed by atoms with Gasteiger partial charge in [-0.25, -0.2) is 15.0 Å². The van der Waals surface area contributed by atoms with Gasteiger partial charge in [-0.2, -0.15) is 0 Å². The Balaban J connectivity index is 1.39. The van der Waals surface area contributed by atoms with E-state index in [4.69, 9.17) is 9.97 Å². The van der Waals surface area contributed by atoms with Crippen molar-refractivity contribution in [3.05, 3.63) is 109 Å². The van der Waals surface area contributed by atoms with E-state index in [9.17, 15) is 4.79 Å². The molecule has 2 aromatic carbocycles. The first kappa shape index (κ1) is 22.8. The molecule has 9 heteroatoms. The summed E-state index contributed by atoms with van der Waals surface area (Å²) < 4.78 is 5.03. The number of pyridine rings is 1. The summed E-state index contributed by atoms with van der Waals surface area (Å²) in [5, 5.41) is 0.631. The molecule has 4 heterocycles. The van der Waals surface area contributed by atoms with Crippen LogP contribution in [0.2, 0.25) is 0 Å². The minimum atomic E-state index is -0.392. The van der Waals surface area contributed by atoms with Gasteiger partial charge in [-0.1, -0.05) is 41.7 Å². The average molecular weight is 506 g/mol. The van der Waals surface area contributed by atoms with Crippen LogP contribution in [-0.4, -0.2) is 35.5 Å². The largest absolute Gasteiger partial charge is 0.329 e. The lowest BCUT2D eigenvalue weighted by atomic mass is 10.1. The third-order valence-corrected chi connectivity index (χ3v) is 7.42. The van der Waals surface area contributed by atoms with Crippen molar-refractivity contribution in [1.29, 1.82) is 0 Å². The van der Waals surface area contributed by atoms with Gasteiger partial charge in [-0.15, -0.1) is 0 Å². The molecule has 0 saturated carbocycles. The van der Waals surface area contributed by atoms with Crippen molar-refractivity contribution in [1.82, 2.24) is 29.1 Å². The highest BCUT2D eigenvalue weighted by molar-refractivity contribution is 7.22. The Labute approximate surface area is 217 Å². The Kier molecular flexibility index (Phi) is 6.03. The molecule has 0 spiro atoms. The Morgan fingerprint density at radius 2 is 1.84 bits per heavy atom. The second kappa shape index (κ2) is 9.79. The predicted molar refractivity (Wildman–Crippen MR) is 145 cm³/mol. The van der Waals surface area contributed by atoms with E-state index < -0.39 is 6.04 Å². The van der Waals surface area contributed by atoms with Crippen LogP contribution in [0.5, 0.6) is 0 Å². The summed E-state index contributed by atoms with van der Waals surface area (Å²) in [4.78, 5) is 32.4. The smallest absolute Gasteiger partial charge is 0.216 e. The molecule has 0 saturated heterocycles. The number of nitrogens with zero attached hydrogens (tertiary/aromatic N) is 7. The lowest BCUT2D eigenvalue weighted by Gasteiger charge is -2.26. The molecular weight excluding hydrogens is 482 g/mol. The van der Waals surface area contributed by atoms with E-state index in [1.807, 2.05) is 83.2 Å². The van der Waals surface area contributed by atoms with E-state index in [1.54, 1.807) is 23.6 Å². The zero-order valence-corrected chi connectivity index (χ0v) is 20.9. The van der Waals surface area contributed by atoms with Crippen LogP contribution >= 0.6 is 11.3 Å². The predicted octanol–water partition coefficient (Wildman–Crippen LogP) is 5.22. The number of anilines is 1. The fraction of sp³-hybridized carbons (Fsp3) is 0.107. The summed E-state index contributed by atoms with van der Waals surface area (Å²) in [5.41, 5.74) is 4.74. The number of carbonyl (C=O) groups is 1. The molecule has 0 aliphatic rings. The second-order valence-electron chi connectivity index (χ2n) is 8.60. The van der Waals surface area contributed by atoms with Crippen LogP contribution in [0, 0.1) is 0 Å². The van der Waals surface area contributed by atoms with Crippen LogP contribution in [0.3, 0.4) is 0 Å². The maximum atomic E-state index is 12.6. The SMILES string of the molecule is Cn1c(-c2ccc(-n3ccnc3)cc2)cnc1C(Cc1ccccn1)N(C=O)c1nc2ccccc2s1. The molecule has 182 valence electrons. The normalized spacial score (nSPS) is 12.0. The van der Waals surface area contributed by atoms with Crippen molar-refractivity contribution in [2.75, 3.05) is 4.90 Å². The molecule has 1 amide bonds. The van der Waals surface area contributed by atoms with E-state index in [2.05, 4.69) is 22.1 Å². The Hall–Kier alpha value is -4.63. The average Bonchev–Trinajstić information content (AvgIpc) is 3.69. The summed E-state index contributed by atoms with van der Waals surface area (Å²) in [6, 6.07) is 21.5. The van der Waals surface area contributed by atoms with Crippen LogP contribution in [0.4, 0.5) is 5.13 Å². The number of hydrogen-bond donors (Lipinski definition) is 0. The van der Waals surface area contributed by atoms with Crippen molar-refractivity contribution in [3.8, 4) is 16.9 Å². The molecule has 1 atom stereocenters. The Bertz CT molecular complexity index is 1610. The molecule has 6 rings (SSSR count). The lowest BCUT2D eigenvalue weighted by Crippen LogP contribution is -2.31.